The molecule has 124 valence electrons. The maximum atomic E-state index is 13.0. The van der Waals surface area contributed by atoms with E-state index >= 15 is 0 Å². The SMILES string of the molecule is Cn1c(CSc2ccc(F)cc2)c(C(=O)O)c2cc(O)c(Br)cc21. The van der Waals surface area contributed by atoms with Gasteiger partial charge >= 0.3 is 5.97 Å². The Kier molecular flexibility index (Phi) is 4.56. The van der Waals surface area contributed by atoms with Gasteiger partial charge in [-0.1, -0.05) is 0 Å². The van der Waals surface area contributed by atoms with Gasteiger partial charge in [-0.2, -0.15) is 0 Å². The van der Waals surface area contributed by atoms with Crippen molar-refractivity contribution in [1.82, 2.24) is 4.57 Å². The number of benzene rings is 2. The number of phenols is 1. The molecule has 0 saturated carbocycles. The van der Waals surface area contributed by atoms with Gasteiger partial charge in [-0.25, -0.2) is 9.18 Å². The van der Waals surface area contributed by atoms with Crippen molar-refractivity contribution in [2.24, 2.45) is 7.05 Å². The molecule has 0 radical (unpaired) electrons. The summed E-state index contributed by atoms with van der Waals surface area (Å²) in [5.74, 6) is -0.947. The number of phenolic OH excluding ortho intramolecular Hbond substituents is 1. The predicted octanol–water partition coefficient (Wildman–Crippen LogP) is 4.78. The number of halogens is 2. The van der Waals surface area contributed by atoms with E-state index in [4.69, 9.17) is 0 Å². The molecule has 0 spiro atoms. The zero-order valence-corrected chi connectivity index (χ0v) is 15.0. The normalized spacial score (nSPS) is 11.1. The number of hydrogen-bond donors (Lipinski definition) is 2. The number of carboxylic acids is 1. The summed E-state index contributed by atoms with van der Waals surface area (Å²) in [6.45, 7) is 0. The number of fused-ring (bicyclic) bond motifs is 1. The number of aryl methyl sites for hydroxylation is 1. The quantitative estimate of drug-likeness (QED) is 0.608. The second kappa shape index (κ2) is 6.49. The monoisotopic (exact) mass is 409 g/mol. The Hall–Kier alpha value is -1.99. The molecule has 0 aliphatic rings. The van der Waals surface area contributed by atoms with Gasteiger partial charge in [0, 0.05) is 28.8 Å². The predicted molar refractivity (Wildman–Crippen MR) is 95.2 cm³/mol. The molecule has 0 fully saturated rings. The second-order valence-corrected chi connectivity index (χ2v) is 7.15. The number of carbonyl (C=O) groups is 1. The van der Waals surface area contributed by atoms with Crippen LogP contribution in [0.25, 0.3) is 10.9 Å². The van der Waals surface area contributed by atoms with Crippen molar-refractivity contribution in [2.45, 2.75) is 10.6 Å². The third-order valence-corrected chi connectivity index (χ3v) is 5.45. The molecule has 0 saturated heterocycles. The summed E-state index contributed by atoms with van der Waals surface area (Å²) in [6.07, 6.45) is 0. The lowest BCUT2D eigenvalue weighted by molar-refractivity contribution is 0.0698. The van der Waals surface area contributed by atoms with Crippen LogP contribution in [0, 0.1) is 5.82 Å². The number of aromatic nitrogens is 1. The first-order valence-corrected chi connectivity index (χ1v) is 8.77. The van der Waals surface area contributed by atoms with Gasteiger partial charge in [0.05, 0.1) is 15.6 Å². The number of rotatable bonds is 4. The molecule has 4 nitrogen and oxygen atoms in total. The summed E-state index contributed by atoms with van der Waals surface area (Å²) < 4.78 is 15.3. The van der Waals surface area contributed by atoms with E-state index in [-0.39, 0.29) is 17.1 Å². The molecule has 7 heteroatoms. The fourth-order valence-corrected chi connectivity index (χ4v) is 3.89. The van der Waals surface area contributed by atoms with E-state index in [9.17, 15) is 19.4 Å². The Labute approximate surface area is 150 Å². The van der Waals surface area contributed by atoms with Crippen molar-refractivity contribution >= 4 is 44.6 Å². The third-order valence-electron chi connectivity index (χ3n) is 3.79. The van der Waals surface area contributed by atoms with Gasteiger partial charge in [0.15, 0.2) is 0 Å². The molecule has 2 N–H and O–H groups in total. The number of aromatic carboxylic acids is 1. The topological polar surface area (TPSA) is 62.5 Å². The minimum Gasteiger partial charge on any atom is -0.507 e. The highest BCUT2D eigenvalue weighted by molar-refractivity contribution is 9.10. The smallest absolute Gasteiger partial charge is 0.338 e. The van der Waals surface area contributed by atoms with Crippen LogP contribution in [0.5, 0.6) is 5.75 Å². The van der Waals surface area contributed by atoms with Crippen LogP contribution in [0.3, 0.4) is 0 Å². The van der Waals surface area contributed by atoms with Crippen molar-refractivity contribution < 1.29 is 19.4 Å². The van der Waals surface area contributed by atoms with Gasteiger partial charge < -0.3 is 14.8 Å². The molecule has 3 aromatic rings. The van der Waals surface area contributed by atoms with Crippen LogP contribution in [-0.2, 0) is 12.8 Å². The maximum Gasteiger partial charge on any atom is 0.338 e. The summed E-state index contributed by atoms with van der Waals surface area (Å²) in [7, 11) is 1.79. The summed E-state index contributed by atoms with van der Waals surface area (Å²) in [6, 6.07) is 9.21. The first-order valence-electron chi connectivity index (χ1n) is 7.00. The largest absolute Gasteiger partial charge is 0.507 e. The molecule has 0 atom stereocenters. The summed E-state index contributed by atoms with van der Waals surface area (Å²) in [5.41, 5.74) is 1.51. The molecular weight excluding hydrogens is 397 g/mol. The highest BCUT2D eigenvalue weighted by atomic mass is 79.9. The molecule has 1 heterocycles. The molecule has 1 aromatic heterocycles. The van der Waals surface area contributed by atoms with Gasteiger partial charge in [-0.05, 0) is 52.3 Å². The molecule has 0 aliphatic heterocycles. The molecule has 0 bridgehead atoms. The fraction of sp³-hybridized carbons (Fsp3) is 0.118. The maximum absolute atomic E-state index is 13.0. The minimum absolute atomic E-state index is 0.00617. The van der Waals surface area contributed by atoms with E-state index in [1.54, 1.807) is 29.8 Å². The lowest BCUT2D eigenvalue weighted by atomic mass is 10.1. The van der Waals surface area contributed by atoms with Crippen molar-refractivity contribution in [2.75, 3.05) is 0 Å². The number of carboxylic acid groups (broad SMARTS) is 1. The summed E-state index contributed by atoms with van der Waals surface area (Å²) in [5, 5.41) is 20.0. The Morgan fingerprint density at radius 1 is 1.29 bits per heavy atom. The Balaban J connectivity index is 2.06. The minimum atomic E-state index is -1.04. The van der Waals surface area contributed by atoms with E-state index in [0.717, 1.165) is 4.90 Å². The standard InChI is InChI=1S/C17H13BrFNO3S/c1-20-13-7-12(18)15(21)6-11(13)16(17(22)23)14(20)8-24-10-4-2-9(19)3-5-10/h2-7,21H,8H2,1H3,(H,22,23). The molecule has 0 aliphatic carbocycles. The van der Waals surface area contributed by atoms with E-state index in [2.05, 4.69) is 15.9 Å². The molecule has 2 aromatic carbocycles. The zero-order valence-electron chi connectivity index (χ0n) is 12.6. The molecule has 3 rings (SSSR count). The Morgan fingerprint density at radius 3 is 2.58 bits per heavy atom. The molecular formula is C17H13BrFNO3S. The highest BCUT2D eigenvalue weighted by Gasteiger charge is 2.22. The second-order valence-electron chi connectivity index (χ2n) is 5.25. The van der Waals surface area contributed by atoms with Gasteiger partial charge in [0.25, 0.3) is 0 Å². The van der Waals surface area contributed by atoms with Crippen LogP contribution in [0.2, 0.25) is 0 Å². The lowest BCUT2D eigenvalue weighted by Crippen LogP contribution is -2.03. The van der Waals surface area contributed by atoms with Gasteiger partial charge in [0.1, 0.15) is 11.6 Å². The Bertz CT molecular complexity index is 937. The van der Waals surface area contributed by atoms with Crippen LogP contribution in [0.15, 0.2) is 45.8 Å². The molecule has 24 heavy (non-hydrogen) atoms. The first-order chi connectivity index (χ1) is 11.4. The first kappa shape index (κ1) is 16.9. The average Bonchev–Trinajstić information content (AvgIpc) is 2.80. The number of aromatic hydroxyl groups is 1. The van der Waals surface area contributed by atoms with Gasteiger partial charge in [-0.3, -0.25) is 0 Å². The lowest BCUT2D eigenvalue weighted by Gasteiger charge is -2.06. The van der Waals surface area contributed by atoms with E-state index in [0.29, 0.717) is 26.8 Å². The highest BCUT2D eigenvalue weighted by Crippen LogP contribution is 2.36. The zero-order chi connectivity index (χ0) is 17.4. The van der Waals surface area contributed by atoms with Crippen LogP contribution in [0.1, 0.15) is 16.1 Å². The third kappa shape index (κ3) is 3.01. The van der Waals surface area contributed by atoms with Crippen LogP contribution < -0.4 is 0 Å². The van der Waals surface area contributed by atoms with E-state index < -0.39 is 5.97 Å². The van der Waals surface area contributed by atoms with Crippen molar-refractivity contribution in [3.8, 4) is 5.75 Å². The number of nitrogens with zero attached hydrogens (tertiary/aromatic N) is 1. The average molecular weight is 410 g/mol. The van der Waals surface area contributed by atoms with Crippen LogP contribution >= 0.6 is 27.7 Å². The fourth-order valence-electron chi connectivity index (χ4n) is 2.59. The van der Waals surface area contributed by atoms with E-state index in [1.165, 1.54) is 30.0 Å². The Morgan fingerprint density at radius 2 is 1.96 bits per heavy atom. The van der Waals surface area contributed by atoms with Crippen LogP contribution in [0.4, 0.5) is 4.39 Å². The summed E-state index contributed by atoms with van der Waals surface area (Å²) >= 11 is 4.68. The van der Waals surface area contributed by atoms with Crippen molar-refractivity contribution in [3.63, 3.8) is 0 Å². The number of hydrogen-bond acceptors (Lipinski definition) is 3. The van der Waals surface area contributed by atoms with Gasteiger partial charge in [0.2, 0.25) is 0 Å². The van der Waals surface area contributed by atoms with Gasteiger partial charge in [-0.15, -0.1) is 11.8 Å². The summed E-state index contributed by atoms with van der Waals surface area (Å²) in [4.78, 5) is 12.6. The van der Waals surface area contributed by atoms with Crippen LogP contribution in [-0.4, -0.2) is 20.7 Å². The van der Waals surface area contributed by atoms with Crippen molar-refractivity contribution in [3.05, 3.63) is 57.9 Å². The van der Waals surface area contributed by atoms with E-state index in [1.807, 2.05) is 0 Å². The van der Waals surface area contributed by atoms with Crippen molar-refractivity contribution in [1.29, 1.82) is 0 Å². The molecule has 0 amide bonds. The number of thioether (sulfide) groups is 1. The molecule has 0 unspecified atom stereocenters.